The van der Waals surface area contributed by atoms with Crippen molar-refractivity contribution in [1.82, 2.24) is 10.2 Å². The first-order valence-electron chi connectivity index (χ1n) is 6.78. The summed E-state index contributed by atoms with van der Waals surface area (Å²) in [5, 5.41) is 9.74. The minimum atomic E-state index is 0.0204. The number of rotatable bonds is 6. The van der Waals surface area contributed by atoms with Crippen LogP contribution in [0.15, 0.2) is 36.5 Å². The number of nitrogens with zero attached hydrogens (tertiary/aromatic N) is 1. The quantitative estimate of drug-likeness (QED) is 0.755. The van der Waals surface area contributed by atoms with Gasteiger partial charge in [0.25, 0.3) is 0 Å². The summed E-state index contributed by atoms with van der Waals surface area (Å²) < 4.78 is 0. The molecule has 0 bridgehead atoms. The number of hydrogen-bond donors (Lipinski definition) is 3. The van der Waals surface area contributed by atoms with Crippen molar-refractivity contribution in [2.24, 2.45) is 11.7 Å². The van der Waals surface area contributed by atoms with E-state index in [0.717, 1.165) is 23.4 Å². The van der Waals surface area contributed by atoms with Crippen LogP contribution in [0.4, 0.5) is 5.69 Å². The number of anilines is 1. The van der Waals surface area contributed by atoms with Gasteiger partial charge < -0.3 is 11.1 Å². The number of aromatic amines is 1. The van der Waals surface area contributed by atoms with Crippen LogP contribution >= 0.6 is 0 Å². The molecule has 0 radical (unpaired) electrons. The lowest BCUT2D eigenvalue weighted by Crippen LogP contribution is -2.16. The summed E-state index contributed by atoms with van der Waals surface area (Å²) in [6, 6.07) is 9.58. The highest BCUT2D eigenvalue weighted by Crippen LogP contribution is 2.20. The van der Waals surface area contributed by atoms with Crippen LogP contribution in [0.5, 0.6) is 0 Å². The normalized spacial score (nSPS) is 12.1. The molecule has 106 valence electrons. The Balaban J connectivity index is 1.96. The van der Waals surface area contributed by atoms with E-state index in [0.29, 0.717) is 18.9 Å². The number of carbonyl (C=O) groups is 1. The van der Waals surface area contributed by atoms with Crippen molar-refractivity contribution in [2.45, 2.75) is 19.8 Å². The van der Waals surface area contributed by atoms with Crippen LogP contribution in [-0.2, 0) is 4.79 Å². The molecule has 0 saturated carbocycles. The Morgan fingerprint density at radius 2 is 2.30 bits per heavy atom. The minimum absolute atomic E-state index is 0.0204. The van der Waals surface area contributed by atoms with Gasteiger partial charge in [-0.05, 0) is 37.1 Å². The predicted octanol–water partition coefficient (Wildman–Crippen LogP) is 2.39. The molecule has 1 unspecified atom stereocenters. The molecular formula is C15H20N4O. The first kappa shape index (κ1) is 14.3. The average Bonchev–Trinajstić information content (AvgIpc) is 2.99. The molecule has 1 aromatic heterocycles. The van der Waals surface area contributed by atoms with E-state index in [4.69, 9.17) is 5.73 Å². The number of H-pyrrole nitrogens is 1. The lowest BCUT2D eigenvalue weighted by molar-refractivity contribution is -0.116. The molecule has 4 N–H and O–H groups in total. The zero-order valence-corrected chi connectivity index (χ0v) is 11.6. The number of amides is 1. The lowest BCUT2D eigenvalue weighted by Gasteiger charge is -2.09. The summed E-state index contributed by atoms with van der Waals surface area (Å²) in [5.74, 6) is 0.393. The molecular weight excluding hydrogens is 252 g/mol. The fourth-order valence-electron chi connectivity index (χ4n) is 1.90. The van der Waals surface area contributed by atoms with Crippen molar-refractivity contribution in [3.8, 4) is 11.3 Å². The Morgan fingerprint density at radius 3 is 3.00 bits per heavy atom. The first-order valence-corrected chi connectivity index (χ1v) is 6.78. The van der Waals surface area contributed by atoms with Crippen molar-refractivity contribution in [2.75, 3.05) is 11.9 Å². The zero-order valence-electron chi connectivity index (χ0n) is 11.6. The summed E-state index contributed by atoms with van der Waals surface area (Å²) in [4.78, 5) is 11.9. The Morgan fingerprint density at radius 1 is 1.45 bits per heavy atom. The highest BCUT2D eigenvalue weighted by molar-refractivity contribution is 5.91. The van der Waals surface area contributed by atoms with Crippen LogP contribution in [0.2, 0.25) is 0 Å². The van der Waals surface area contributed by atoms with E-state index in [1.807, 2.05) is 37.3 Å². The van der Waals surface area contributed by atoms with Crippen LogP contribution in [0, 0.1) is 5.92 Å². The molecule has 1 aromatic carbocycles. The van der Waals surface area contributed by atoms with Crippen LogP contribution in [0.1, 0.15) is 19.8 Å². The third-order valence-electron chi connectivity index (χ3n) is 3.22. The standard InChI is InChI=1S/C15H20N4O/c1-11(10-16)5-6-15(20)18-13-4-2-3-12(9-13)14-7-8-17-19-14/h2-4,7-9,11H,5-6,10,16H2,1H3,(H,17,19)(H,18,20). The molecule has 0 fully saturated rings. The number of nitrogens with one attached hydrogen (secondary N) is 2. The Labute approximate surface area is 118 Å². The average molecular weight is 272 g/mol. The number of hydrogen-bond acceptors (Lipinski definition) is 3. The van der Waals surface area contributed by atoms with Gasteiger partial charge in [-0.3, -0.25) is 9.89 Å². The maximum atomic E-state index is 11.9. The number of aromatic nitrogens is 2. The van der Waals surface area contributed by atoms with E-state index in [-0.39, 0.29) is 5.91 Å². The Hall–Kier alpha value is -2.14. The van der Waals surface area contributed by atoms with Gasteiger partial charge in [-0.2, -0.15) is 5.10 Å². The first-order chi connectivity index (χ1) is 9.69. The number of carbonyl (C=O) groups excluding carboxylic acids is 1. The summed E-state index contributed by atoms with van der Waals surface area (Å²) in [7, 11) is 0. The topological polar surface area (TPSA) is 83.8 Å². The molecule has 5 heteroatoms. The van der Waals surface area contributed by atoms with E-state index in [1.165, 1.54) is 0 Å². The van der Waals surface area contributed by atoms with Crippen molar-refractivity contribution in [1.29, 1.82) is 0 Å². The van der Waals surface area contributed by atoms with Gasteiger partial charge in [0, 0.05) is 23.9 Å². The van der Waals surface area contributed by atoms with Crippen LogP contribution in [0.3, 0.4) is 0 Å². The van der Waals surface area contributed by atoms with Gasteiger partial charge in [0.05, 0.1) is 5.69 Å². The van der Waals surface area contributed by atoms with Gasteiger partial charge in [-0.15, -0.1) is 0 Å². The van der Waals surface area contributed by atoms with E-state index < -0.39 is 0 Å². The van der Waals surface area contributed by atoms with E-state index >= 15 is 0 Å². The second-order valence-electron chi connectivity index (χ2n) is 4.98. The minimum Gasteiger partial charge on any atom is -0.330 e. The van der Waals surface area contributed by atoms with Crippen molar-refractivity contribution >= 4 is 11.6 Å². The fourth-order valence-corrected chi connectivity index (χ4v) is 1.90. The maximum absolute atomic E-state index is 11.9. The zero-order chi connectivity index (χ0) is 14.4. The summed E-state index contributed by atoms with van der Waals surface area (Å²) in [6.45, 7) is 2.66. The van der Waals surface area contributed by atoms with E-state index in [2.05, 4.69) is 15.5 Å². The molecule has 20 heavy (non-hydrogen) atoms. The third-order valence-corrected chi connectivity index (χ3v) is 3.22. The van der Waals surface area contributed by atoms with Crippen molar-refractivity contribution in [3.63, 3.8) is 0 Å². The van der Waals surface area contributed by atoms with Crippen LogP contribution in [0.25, 0.3) is 11.3 Å². The van der Waals surface area contributed by atoms with Gasteiger partial charge in [0.15, 0.2) is 0 Å². The molecule has 0 spiro atoms. The second-order valence-corrected chi connectivity index (χ2v) is 4.98. The van der Waals surface area contributed by atoms with Crippen LogP contribution < -0.4 is 11.1 Å². The molecule has 0 saturated heterocycles. The second kappa shape index (κ2) is 6.86. The molecule has 1 amide bonds. The molecule has 5 nitrogen and oxygen atoms in total. The number of benzene rings is 1. The third kappa shape index (κ3) is 3.93. The highest BCUT2D eigenvalue weighted by atomic mass is 16.1. The smallest absolute Gasteiger partial charge is 0.224 e. The highest BCUT2D eigenvalue weighted by Gasteiger charge is 2.07. The van der Waals surface area contributed by atoms with Gasteiger partial charge in [0.2, 0.25) is 5.91 Å². The fraction of sp³-hybridized carbons (Fsp3) is 0.333. The Bertz CT molecular complexity index is 551. The molecule has 0 aliphatic carbocycles. The van der Waals surface area contributed by atoms with Gasteiger partial charge in [0.1, 0.15) is 0 Å². The Kier molecular flexibility index (Phi) is 4.90. The largest absolute Gasteiger partial charge is 0.330 e. The van der Waals surface area contributed by atoms with Crippen molar-refractivity contribution in [3.05, 3.63) is 36.5 Å². The monoisotopic (exact) mass is 272 g/mol. The molecule has 2 rings (SSSR count). The molecule has 1 atom stereocenters. The number of nitrogens with two attached hydrogens (primary N) is 1. The van der Waals surface area contributed by atoms with E-state index in [1.54, 1.807) is 6.20 Å². The van der Waals surface area contributed by atoms with Gasteiger partial charge >= 0.3 is 0 Å². The maximum Gasteiger partial charge on any atom is 0.224 e. The lowest BCUT2D eigenvalue weighted by atomic mass is 10.1. The molecule has 0 aliphatic rings. The molecule has 1 heterocycles. The summed E-state index contributed by atoms with van der Waals surface area (Å²) in [5.41, 5.74) is 8.26. The van der Waals surface area contributed by atoms with Gasteiger partial charge in [-0.1, -0.05) is 19.1 Å². The molecule has 2 aromatic rings. The van der Waals surface area contributed by atoms with Gasteiger partial charge in [-0.25, -0.2) is 0 Å². The SMILES string of the molecule is CC(CN)CCC(=O)Nc1cccc(-c2ccn[nH]2)c1. The summed E-state index contributed by atoms with van der Waals surface area (Å²) >= 11 is 0. The van der Waals surface area contributed by atoms with Crippen LogP contribution in [-0.4, -0.2) is 22.6 Å². The van der Waals surface area contributed by atoms with E-state index in [9.17, 15) is 4.79 Å². The molecule has 0 aliphatic heterocycles. The predicted molar refractivity (Wildman–Crippen MR) is 80.1 cm³/mol. The summed E-state index contributed by atoms with van der Waals surface area (Å²) in [6.07, 6.45) is 3.00. The van der Waals surface area contributed by atoms with Crippen molar-refractivity contribution < 1.29 is 4.79 Å².